The molecule has 2 heterocycles. The topological polar surface area (TPSA) is 61.0 Å². The number of anilines is 1. The van der Waals surface area contributed by atoms with Gasteiger partial charge in [0.1, 0.15) is 5.82 Å². The summed E-state index contributed by atoms with van der Waals surface area (Å²) in [5, 5.41) is 0. The van der Waals surface area contributed by atoms with Gasteiger partial charge in [0.05, 0.1) is 18.9 Å². The number of benzene rings is 1. The van der Waals surface area contributed by atoms with Crippen molar-refractivity contribution in [1.29, 1.82) is 0 Å². The van der Waals surface area contributed by atoms with Gasteiger partial charge in [0.25, 0.3) is 0 Å². The van der Waals surface area contributed by atoms with Gasteiger partial charge in [0.2, 0.25) is 0 Å². The predicted molar refractivity (Wildman–Crippen MR) is 65.2 cm³/mol. The van der Waals surface area contributed by atoms with E-state index >= 15 is 0 Å². The number of ether oxygens (including phenoxy) is 1. The first-order valence-electron chi connectivity index (χ1n) is 5.63. The number of nitrogen functional groups attached to an aromatic ring is 1. The monoisotopic (exact) mass is 227 g/mol. The molecule has 1 aliphatic rings. The zero-order valence-electron chi connectivity index (χ0n) is 9.39. The van der Waals surface area contributed by atoms with E-state index in [0.717, 1.165) is 23.2 Å². The molecule has 0 radical (unpaired) electrons. The van der Waals surface area contributed by atoms with Crippen LogP contribution in [0.5, 0.6) is 0 Å². The second kappa shape index (κ2) is 4.14. The molecule has 4 heteroatoms. The summed E-state index contributed by atoms with van der Waals surface area (Å²) in [7, 11) is 0. The Balaban J connectivity index is 2.11. The van der Waals surface area contributed by atoms with Gasteiger partial charge >= 0.3 is 0 Å². The molecule has 86 valence electrons. The normalized spacial score (nSPS) is 14.4. The SMILES string of the molecule is Nc1nc(-c2ccccc2)nc2c1COCC2. The number of aromatic nitrogens is 2. The number of hydrogen-bond donors (Lipinski definition) is 1. The van der Waals surface area contributed by atoms with E-state index in [1.165, 1.54) is 0 Å². The Hall–Kier alpha value is -1.94. The van der Waals surface area contributed by atoms with Gasteiger partial charge in [-0.3, -0.25) is 0 Å². The minimum atomic E-state index is 0.524. The lowest BCUT2D eigenvalue weighted by Crippen LogP contribution is -2.16. The third-order valence-electron chi connectivity index (χ3n) is 2.89. The number of nitrogens with two attached hydrogens (primary N) is 1. The number of nitrogens with zero attached hydrogens (tertiary/aromatic N) is 2. The Morgan fingerprint density at radius 3 is 2.76 bits per heavy atom. The minimum Gasteiger partial charge on any atom is -0.383 e. The average Bonchev–Trinajstić information content (AvgIpc) is 2.40. The summed E-state index contributed by atoms with van der Waals surface area (Å²) in [5.74, 6) is 1.23. The molecular weight excluding hydrogens is 214 g/mol. The Morgan fingerprint density at radius 1 is 1.12 bits per heavy atom. The van der Waals surface area contributed by atoms with Crippen molar-refractivity contribution < 1.29 is 4.74 Å². The van der Waals surface area contributed by atoms with Crippen LogP contribution in [0.3, 0.4) is 0 Å². The van der Waals surface area contributed by atoms with Crippen molar-refractivity contribution in [1.82, 2.24) is 9.97 Å². The lowest BCUT2D eigenvalue weighted by Gasteiger charge is -2.17. The molecular formula is C13H13N3O. The number of fused-ring (bicyclic) bond motifs is 1. The summed E-state index contributed by atoms with van der Waals surface area (Å²) < 4.78 is 5.36. The summed E-state index contributed by atoms with van der Waals surface area (Å²) in [5.41, 5.74) is 8.90. The van der Waals surface area contributed by atoms with Gasteiger partial charge < -0.3 is 10.5 Å². The van der Waals surface area contributed by atoms with Crippen LogP contribution < -0.4 is 5.73 Å². The molecule has 2 N–H and O–H groups in total. The third kappa shape index (κ3) is 1.87. The molecule has 0 unspecified atom stereocenters. The second-order valence-electron chi connectivity index (χ2n) is 4.03. The van der Waals surface area contributed by atoms with E-state index in [9.17, 15) is 0 Å². The van der Waals surface area contributed by atoms with E-state index in [-0.39, 0.29) is 0 Å². The fourth-order valence-corrected chi connectivity index (χ4v) is 1.97. The van der Waals surface area contributed by atoms with E-state index in [1.54, 1.807) is 0 Å². The van der Waals surface area contributed by atoms with Crippen LogP contribution in [0.25, 0.3) is 11.4 Å². The van der Waals surface area contributed by atoms with Crippen molar-refractivity contribution in [3.05, 3.63) is 41.6 Å². The number of hydrogen-bond acceptors (Lipinski definition) is 4. The molecule has 1 aliphatic heterocycles. The molecule has 17 heavy (non-hydrogen) atoms. The van der Waals surface area contributed by atoms with Crippen LogP contribution in [-0.2, 0) is 17.8 Å². The minimum absolute atomic E-state index is 0.524. The molecule has 0 spiro atoms. The molecule has 0 aliphatic carbocycles. The first kappa shape index (κ1) is 10.2. The molecule has 0 saturated heterocycles. The fraction of sp³-hybridized carbons (Fsp3) is 0.231. The van der Waals surface area contributed by atoms with Gasteiger partial charge in [-0.2, -0.15) is 0 Å². The summed E-state index contributed by atoms with van der Waals surface area (Å²) in [6.07, 6.45) is 0.807. The van der Waals surface area contributed by atoms with E-state index < -0.39 is 0 Å². The highest BCUT2D eigenvalue weighted by Crippen LogP contribution is 2.23. The van der Waals surface area contributed by atoms with Gasteiger partial charge in [-0.25, -0.2) is 9.97 Å². The Bertz CT molecular complexity index is 540. The maximum atomic E-state index is 5.95. The zero-order chi connectivity index (χ0) is 11.7. The van der Waals surface area contributed by atoms with Crippen molar-refractivity contribution in [2.75, 3.05) is 12.3 Å². The third-order valence-corrected chi connectivity index (χ3v) is 2.89. The van der Waals surface area contributed by atoms with Crippen molar-refractivity contribution in [2.24, 2.45) is 0 Å². The quantitative estimate of drug-likeness (QED) is 0.807. The zero-order valence-corrected chi connectivity index (χ0v) is 9.39. The summed E-state index contributed by atoms with van der Waals surface area (Å²) in [6.45, 7) is 1.23. The maximum Gasteiger partial charge on any atom is 0.161 e. The lowest BCUT2D eigenvalue weighted by molar-refractivity contribution is 0.109. The molecule has 0 bridgehead atoms. The molecule has 0 atom stereocenters. The molecule has 1 aromatic heterocycles. The molecule has 3 rings (SSSR count). The molecule has 2 aromatic rings. The van der Waals surface area contributed by atoms with E-state index in [1.807, 2.05) is 30.3 Å². The van der Waals surface area contributed by atoms with E-state index in [4.69, 9.17) is 10.5 Å². The van der Waals surface area contributed by atoms with Gasteiger partial charge in [-0.1, -0.05) is 30.3 Å². The smallest absolute Gasteiger partial charge is 0.161 e. The van der Waals surface area contributed by atoms with Crippen LogP contribution in [0.1, 0.15) is 11.3 Å². The van der Waals surface area contributed by atoms with Crippen LogP contribution in [-0.4, -0.2) is 16.6 Å². The second-order valence-corrected chi connectivity index (χ2v) is 4.03. The number of rotatable bonds is 1. The standard InChI is InChI=1S/C13H13N3O/c14-12-10-8-17-7-6-11(10)15-13(16-12)9-4-2-1-3-5-9/h1-5H,6-8H2,(H2,14,15,16). The van der Waals surface area contributed by atoms with Gasteiger partial charge in [-0.05, 0) is 0 Å². The van der Waals surface area contributed by atoms with Crippen LogP contribution in [0.15, 0.2) is 30.3 Å². The summed E-state index contributed by atoms with van der Waals surface area (Å²) >= 11 is 0. The van der Waals surface area contributed by atoms with Crippen LogP contribution in [0, 0.1) is 0 Å². The van der Waals surface area contributed by atoms with E-state index in [2.05, 4.69) is 9.97 Å². The molecule has 0 amide bonds. The Morgan fingerprint density at radius 2 is 1.94 bits per heavy atom. The van der Waals surface area contributed by atoms with Crippen molar-refractivity contribution in [3.8, 4) is 11.4 Å². The molecule has 0 fully saturated rings. The first-order valence-corrected chi connectivity index (χ1v) is 5.63. The predicted octanol–water partition coefficient (Wildman–Crippen LogP) is 1.80. The largest absolute Gasteiger partial charge is 0.383 e. The fourth-order valence-electron chi connectivity index (χ4n) is 1.97. The summed E-state index contributed by atoms with van der Waals surface area (Å²) in [6, 6.07) is 9.88. The van der Waals surface area contributed by atoms with Crippen LogP contribution in [0.4, 0.5) is 5.82 Å². The molecule has 0 saturated carbocycles. The van der Waals surface area contributed by atoms with E-state index in [0.29, 0.717) is 24.9 Å². The summed E-state index contributed by atoms with van der Waals surface area (Å²) in [4.78, 5) is 8.92. The van der Waals surface area contributed by atoms with Gasteiger partial charge in [0.15, 0.2) is 5.82 Å². The Labute approximate surface area is 99.5 Å². The van der Waals surface area contributed by atoms with Crippen molar-refractivity contribution in [2.45, 2.75) is 13.0 Å². The lowest BCUT2D eigenvalue weighted by atomic mass is 10.1. The van der Waals surface area contributed by atoms with Gasteiger partial charge in [0, 0.05) is 17.5 Å². The Kier molecular flexibility index (Phi) is 2.49. The first-order chi connectivity index (χ1) is 8.34. The highest BCUT2D eigenvalue weighted by Gasteiger charge is 2.16. The highest BCUT2D eigenvalue weighted by atomic mass is 16.5. The molecule has 4 nitrogen and oxygen atoms in total. The highest BCUT2D eigenvalue weighted by molar-refractivity contribution is 5.58. The van der Waals surface area contributed by atoms with Gasteiger partial charge in [-0.15, -0.1) is 0 Å². The average molecular weight is 227 g/mol. The van der Waals surface area contributed by atoms with Crippen LogP contribution >= 0.6 is 0 Å². The van der Waals surface area contributed by atoms with Crippen molar-refractivity contribution >= 4 is 5.82 Å². The van der Waals surface area contributed by atoms with Crippen molar-refractivity contribution in [3.63, 3.8) is 0 Å². The maximum absolute atomic E-state index is 5.95. The molecule has 1 aromatic carbocycles. The van der Waals surface area contributed by atoms with Crippen LogP contribution in [0.2, 0.25) is 0 Å².